The van der Waals surface area contributed by atoms with Gasteiger partial charge in [0.1, 0.15) is 35.0 Å². The number of hydrogen-bond acceptors (Lipinski definition) is 5. The number of para-hydroxylation sites is 1. The van der Waals surface area contributed by atoms with Crippen LogP contribution in [-0.4, -0.2) is 24.2 Å². The maximum Gasteiger partial charge on any atom is 0.149 e. The minimum Gasteiger partial charge on any atom is -0.497 e. The van der Waals surface area contributed by atoms with Crippen LogP contribution in [0.5, 0.6) is 11.5 Å². The predicted octanol–water partition coefficient (Wildman–Crippen LogP) is 3.40. The highest BCUT2D eigenvalue weighted by Crippen LogP contribution is 2.26. The Morgan fingerprint density at radius 3 is 2.74 bits per heavy atom. The minimum absolute atomic E-state index is 0.298. The molecule has 0 unspecified atom stereocenters. The van der Waals surface area contributed by atoms with Crippen molar-refractivity contribution in [3.63, 3.8) is 0 Å². The van der Waals surface area contributed by atoms with Gasteiger partial charge in [0.2, 0.25) is 0 Å². The summed E-state index contributed by atoms with van der Waals surface area (Å²) in [7, 11) is 3.21. The Hall–Kier alpha value is -2.89. The van der Waals surface area contributed by atoms with E-state index in [9.17, 15) is 4.39 Å². The molecule has 0 atom stereocenters. The monoisotopic (exact) mass is 313 g/mol. The number of anilines is 1. The lowest BCUT2D eigenvalue weighted by molar-refractivity contribution is 0.391. The van der Waals surface area contributed by atoms with Crippen LogP contribution in [0.15, 0.2) is 42.7 Å². The topological polar surface area (TPSA) is 56.3 Å². The van der Waals surface area contributed by atoms with E-state index in [-0.39, 0.29) is 5.82 Å². The van der Waals surface area contributed by atoms with Crippen LogP contribution in [0.25, 0.3) is 10.9 Å². The van der Waals surface area contributed by atoms with Crippen LogP contribution in [0.3, 0.4) is 0 Å². The molecule has 0 amide bonds. The molecule has 0 aliphatic heterocycles. The first-order valence-corrected chi connectivity index (χ1v) is 7.07. The van der Waals surface area contributed by atoms with E-state index in [1.54, 1.807) is 26.4 Å². The number of ether oxygens (including phenoxy) is 2. The van der Waals surface area contributed by atoms with Gasteiger partial charge < -0.3 is 14.8 Å². The summed E-state index contributed by atoms with van der Waals surface area (Å²) in [6, 6.07) is 10.4. The van der Waals surface area contributed by atoms with Gasteiger partial charge in [-0.15, -0.1) is 0 Å². The van der Waals surface area contributed by atoms with Gasteiger partial charge in [-0.25, -0.2) is 14.4 Å². The zero-order valence-electron chi connectivity index (χ0n) is 12.8. The third-order valence-electron chi connectivity index (χ3n) is 3.56. The highest BCUT2D eigenvalue weighted by atomic mass is 19.1. The normalized spacial score (nSPS) is 10.6. The van der Waals surface area contributed by atoms with Crippen molar-refractivity contribution in [1.82, 2.24) is 9.97 Å². The highest BCUT2D eigenvalue weighted by Gasteiger charge is 2.09. The highest BCUT2D eigenvalue weighted by molar-refractivity contribution is 5.89. The standard InChI is InChI=1S/C17H16FN3O2/c1-22-12-7-6-11(15(8-12)23-2)9-19-17-13-4-3-5-14(18)16(13)20-10-21-17/h3-8,10H,9H2,1-2H3,(H,19,20,21). The molecule has 0 bridgehead atoms. The number of nitrogens with zero attached hydrogens (tertiary/aromatic N) is 2. The third-order valence-corrected chi connectivity index (χ3v) is 3.56. The fourth-order valence-corrected chi connectivity index (χ4v) is 2.37. The van der Waals surface area contributed by atoms with E-state index in [0.717, 1.165) is 11.3 Å². The first kappa shape index (κ1) is 15.0. The number of rotatable bonds is 5. The second kappa shape index (κ2) is 6.48. The number of hydrogen-bond donors (Lipinski definition) is 1. The summed E-state index contributed by atoms with van der Waals surface area (Å²) in [6.07, 6.45) is 1.35. The molecule has 5 nitrogen and oxygen atoms in total. The molecule has 0 aliphatic carbocycles. The van der Waals surface area contributed by atoms with Crippen LogP contribution < -0.4 is 14.8 Å². The predicted molar refractivity (Wildman–Crippen MR) is 86.4 cm³/mol. The first-order chi connectivity index (χ1) is 11.2. The smallest absolute Gasteiger partial charge is 0.149 e. The van der Waals surface area contributed by atoms with Gasteiger partial charge in [-0.3, -0.25) is 0 Å². The molecular formula is C17H16FN3O2. The Morgan fingerprint density at radius 2 is 1.96 bits per heavy atom. The fourth-order valence-electron chi connectivity index (χ4n) is 2.37. The molecule has 0 radical (unpaired) electrons. The average molecular weight is 313 g/mol. The lowest BCUT2D eigenvalue weighted by Crippen LogP contribution is -2.04. The summed E-state index contributed by atoms with van der Waals surface area (Å²) in [5.74, 6) is 1.64. The minimum atomic E-state index is -0.366. The largest absolute Gasteiger partial charge is 0.497 e. The van der Waals surface area contributed by atoms with Crippen molar-refractivity contribution >= 4 is 16.7 Å². The van der Waals surface area contributed by atoms with Crippen LogP contribution in [0, 0.1) is 5.82 Å². The Labute approximate surface area is 133 Å². The average Bonchev–Trinajstić information content (AvgIpc) is 2.60. The summed E-state index contributed by atoms with van der Waals surface area (Å²) in [5.41, 5.74) is 1.24. The van der Waals surface area contributed by atoms with Gasteiger partial charge in [0.05, 0.1) is 14.2 Å². The Morgan fingerprint density at radius 1 is 1.09 bits per heavy atom. The molecule has 2 aromatic carbocycles. The van der Waals surface area contributed by atoms with Gasteiger partial charge in [-0.05, 0) is 24.3 Å². The molecule has 0 saturated heterocycles. The van der Waals surface area contributed by atoms with Gasteiger partial charge in [-0.1, -0.05) is 6.07 Å². The Kier molecular flexibility index (Phi) is 4.23. The van der Waals surface area contributed by atoms with Crippen molar-refractivity contribution in [2.24, 2.45) is 0 Å². The van der Waals surface area contributed by atoms with Crippen molar-refractivity contribution in [3.05, 3.63) is 54.1 Å². The molecule has 0 saturated carbocycles. The fraction of sp³-hybridized carbons (Fsp3) is 0.176. The summed E-state index contributed by atoms with van der Waals surface area (Å²) in [4.78, 5) is 8.18. The summed E-state index contributed by atoms with van der Waals surface area (Å²) >= 11 is 0. The Balaban J connectivity index is 1.88. The van der Waals surface area contributed by atoms with Crippen molar-refractivity contribution in [3.8, 4) is 11.5 Å². The van der Waals surface area contributed by atoms with Crippen LogP contribution in [0.1, 0.15) is 5.56 Å². The van der Waals surface area contributed by atoms with Gasteiger partial charge >= 0.3 is 0 Å². The lowest BCUT2D eigenvalue weighted by Gasteiger charge is -2.12. The molecule has 1 aromatic heterocycles. The molecule has 118 valence electrons. The van der Waals surface area contributed by atoms with Crippen LogP contribution >= 0.6 is 0 Å². The van der Waals surface area contributed by atoms with Gasteiger partial charge in [0, 0.05) is 23.6 Å². The first-order valence-electron chi connectivity index (χ1n) is 7.07. The van der Waals surface area contributed by atoms with E-state index in [1.165, 1.54) is 12.4 Å². The van der Waals surface area contributed by atoms with Gasteiger partial charge in [0.25, 0.3) is 0 Å². The van der Waals surface area contributed by atoms with Crippen molar-refractivity contribution in [2.75, 3.05) is 19.5 Å². The molecule has 6 heteroatoms. The number of halogens is 1. The summed E-state index contributed by atoms with van der Waals surface area (Å²) < 4.78 is 24.3. The second-order valence-corrected chi connectivity index (χ2v) is 4.89. The zero-order chi connectivity index (χ0) is 16.2. The van der Waals surface area contributed by atoms with Gasteiger partial charge in [-0.2, -0.15) is 0 Å². The second-order valence-electron chi connectivity index (χ2n) is 4.89. The van der Waals surface area contributed by atoms with Crippen molar-refractivity contribution in [2.45, 2.75) is 6.54 Å². The molecular weight excluding hydrogens is 297 g/mol. The molecule has 1 N–H and O–H groups in total. The molecule has 0 fully saturated rings. The SMILES string of the molecule is COc1ccc(CNc2ncnc3c(F)cccc23)c(OC)c1. The number of nitrogens with one attached hydrogen (secondary N) is 1. The van der Waals surface area contributed by atoms with E-state index >= 15 is 0 Å². The molecule has 0 spiro atoms. The number of fused-ring (bicyclic) bond motifs is 1. The molecule has 3 rings (SSSR count). The zero-order valence-corrected chi connectivity index (χ0v) is 12.8. The van der Waals surface area contributed by atoms with E-state index in [4.69, 9.17) is 9.47 Å². The maximum absolute atomic E-state index is 13.8. The molecule has 23 heavy (non-hydrogen) atoms. The molecule has 3 aromatic rings. The van der Waals surface area contributed by atoms with E-state index in [2.05, 4.69) is 15.3 Å². The van der Waals surface area contributed by atoms with Crippen molar-refractivity contribution in [1.29, 1.82) is 0 Å². The maximum atomic E-state index is 13.8. The summed E-state index contributed by atoms with van der Waals surface area (Å²) in [6.45, 7) is 0.482. The van der Waals surface area contributed by atoms with E-state index in [0.29, 0.717) is 29.0 Å². The molecule has 1 heterocycles. The summed E-state index contributed by atoms with van der Waals surface area (Å²) in [5, 5.41) is 3.84. The number of benzene rings is 2. The quantitative estimate of drug-likeness (QED) is 0.782. The lowest BCUT2D eigenvalue weighted by atomic mass is 10.1. The van der Waals surface area contributed by atoms with Gasteiger partial charge in [0.15, 0.2) is 0 Å². The van der Waals surface area contributed by atoms with Crippen LogP contribution in [0.2, 0.25) is 0 Å². The van der Waals surface area contributed by atoms with E-state index in [1.807, 2.05) is 18.2 Å². The number of methoxy groups -OCH3 is 2. The van der Waals surface area contributed by atoms with Crippen LogP contribution in [-0.2, 0) is 6.54 Å². The van der Waals surface area contributed by atoms with Crippen molar-refractivity contribution < 1.29 is 13.9 Å². The van der Waals surface area contributed by atoms with Crippen LogP contribution in [0.4, 0.5) is 10.2 Å². The third kappa shape index (κ3) is 3.01. The number of aromatic nitrogens is 2. The molecule has 0 aliphatic rings. The Bertz CT molecular complexity index is 839. The van der Waals surface area contributed by atoms with E-state index < -0.39 is 0 Å².